The van der Waals surface area contributed by atoms with E-state index in [1.165, 1.54) is 23.9 Å². The number of benzene rings is 6. The number of aromatic nitrogens is 4. The zero-order valence-electron chi connectivity index (χ0n) is 33.9. The molecule has 0 radical (unpaired) electrons. The van der Waals surface area contributed by atoms with E-state index >= 15 is 0 Å². The Labute approximate surface area is 365 Å². The average molecular weight is 867 g/mol. The maximum atomic E-state index is 13.7. The average Bonchev–Trinajstić information content (AvgIpc) is 3.79. The molecule has 0 saturated carbocycles. The molecule has 8 rings (SSSR count). The standard InChI is InChI=1S/C48H46N6O6S2/c1-33-15-25-43(26-16-33)62(57,58)51-44(28-34-9-4-2-5-10-34)46(56)49-30-36-11-8-12-40(27-36)37-21-23-39(24-22-37)47-59-42(29-45(60-47)38-19-17-35(31-55)18-20-38)32-61-48-50-52-53-54(48)41-13-6-3-7-14-41/h2-27,42,44-45,47,51,55H,28-32H2,1H3,(H,49,56). The van der Waals surface area contributed by atoms with Crippen LogP contribution >= 0.6 is 11.8 Å². The van der Waals surface area contributed by atoms with E-state index < -0.39 is 28.3 Å². The van der Waals surface area contributed by atoms with E-state index in [4.69, 9.17) is 9.47 Å². The molecule has 7 aromatic rings. The first-order valence-electron chi connectivity index (χ1n) is 20.3. The lowest BCUT2D eigenvalue weighted by atomic mass is 9.99. The molecule has 2 heterocycles. The van der Waals surface area contributed by atoms with E-state index in [1.807, 2.05) is 140 Å². The molecule has 0 spiro atoms. The number of amides is 1. The number of aliphatic hydroxyl groups excluding tert-OH is 1. The number of sulfonamides is 1. The number of nitrogens with zero attached hydrogens (tertiary/aromatic N) is 4. The highest BCUT2D eigenvalue weighted by Gasteiger charge is 2.33. The van der Waals surface area contributed by atoms with Gasteiger partial charge in [0.15, 0.2) is 6.29 Å². The number of thioether (sulfide) groups is 1. The molecule has 1 amide bonds. The maximum absolute atomic E-state index is 13.7. The number of nitrogens with one attached hydrogen (secondary N) is 2. The number of carbonyl (C=O) groups is 1. The SMILES string of the molecule is Cc1ccc(S(=O)(=O)NC(Cc2ccccc2)C(=O)NCc2cccc(-c3ccc(C4OC(CSc5nnnn5-c5ccccc5)CC(c5ccc(CO)cc5)O4)cc3)c2)cc1. The highest BCUT2D eigenvalue weighted by molar-refractivity contribution is 7.99. The molecule has 62 heavy (non-hydrogen) atoms. The van der Waals surface area contributed by atoms with Gasteiger partial charge >= 0.3 is 0 Å². The summed E-state index contributed by atoms with van der Waals surface area (Å²) in [5, 5.41) is 25.7. The highest BCUT2D eigenvalue weighted by atomic mass is 32.2. The predicted octanol–water partition coefficient (Wildman–Crippen LogP) is 7.67. The molecule has 1 aliphatic rings. The Morgan fingerprint density at radius 2 is 1.48 bits per heavy atom. The smallest absolute Gasteiger partial charge is 0.241 e. The van der Waals surface area contributed by atoms with Crippen molar-refractivity contribution in [3.63, 3.8) is 0 Å². The number of rotatable bonds is 16. The Bertz CT molecular complexity index is 2670. The number of hydrogen-bond acceptors (Lipinski definition) is 10. The topological polar surface area (TPSA) is 158 Å². The van der Waals surface area contributed by atoms with Crippen LogP contribution in [0.5, 0.6) is 0 Å². The first-order chi connectivity index (χ1) is 30.2. The Morgan fingerprint density at radius 3 is 2.21 bits per heavy atom. The van der Waals surface area contributed by atoms with Crippen molar-refractivity contribution in [3.05, 3.63) is 191 Å². The second-order valence-corrected chi connectivity index (χ2v) is 17.8. The molecule has 4 unspecified atom stereocenters. The number of tetrazole rings is 1. The van der Waals surface area contributed by atoms with Crippen LogP contribution in [0.2, 0.25) is 0 Å². The van der Waals surface area contributed by atoms with Crippen molar-refractivity contribution < 1.29 is 27.8 Å². The molecule has 6 aromatic carbocycles. The van der Waals surface area contributed by atoms with Crippen LogP contribution in [0.4, 0.5) is 0 Å². The van der Waals surface area contributed by atoms with Crippen LogP contribution in [0.3, 0.4) is 0 Å². The molecule has 0 aliphatic carbocycles. The molecule has 1 fully saturated rings. The maximum Gasteiger partial charge on any atom is 0.241 e. The highest BCUT2D eigenvalue weighted by Crippen LogP contribution is 2.40. The lowest BCUT2D eigenvalue weighted by Crippen LogP contribution is -2.47. The second kappa shape index (κ2) is 19.8. The third kappa shape index (κ3) is 10.7. The van der Waals surface area contributed by atoms with Gasteiger partial charge in [0, 0.05) is 24.3 Å². The fourth-order valence-electron chi connectivity index (χ4n) is 7.21. The molecular formula is C48H46N6O6S2. The van der Waals surface area contributed by atoms with Crippen LogP contribution in [0.25, 0.3) is 16.8 Å². The van der Waals surface area contributed by atoms with Crippen LogP contribution in [0, 0.1) is 6.92 Å². The van der Waals surface area contributed by atoms with Crippen molar-refractivity contribution in [2.24, 2.45) is 0 Å². The molecule has 0 bridgehead atoms. The van der Waals surface area contributed by atoms with E-state index in [-0.39, 0.29) is 36.7 Å². The molecule has 14 heteroatoms. The minimum Gasteiger partial charge on any atom is -0.392 e. The predicted molar refractivity (Wildman–Crippen MR) is 237 cm³/mol. The van der Waals surface area contributed by atoms with Gasteiger partial charge in [0.25, 0.3) is 0 Å². The monoisotopic (exact) mass is 866 g/mol. The van der Waals surface area contributed by atoms with Gasteiger partial charge in [-0.3, -0.25) is 4.79 Å². The van der Waals surface area contributed by atoms with Gasteiger partial charge in [0.2, 0.25) is 21.1 Å². The van der Waals surface area contributed by atoms with Gasteiger partial charge in [0.1, 0.15) is 6.04 Å². The lowest BCUT2D eigenvalue weighted by molar-refractivity contribution is -0.245. The van der Waals surface area contributed by atoms with E-state index in [1.54, 1.807) is 16.8 Å². The van der Waals surface area contributed by atoms with Crippen LogP contribution in [-0.4, -0.2) is 57.5 Å². The van der Waals surface area contributed by atoms with Crippen LogP contribution in [-0.2, 0) is 43.9 Å². The molecule has 1 aliphatic heterocycles. The second-order valence-electron chi connectivity index (χ2n) is 15.1. The van der Waals surface area contributed by atoms with Crippen LogP contribution in [0.1, 0.15) is 52.2 Å². The van der Waals surface area contributed by atoms with Crippen LogP contribution < -0.4 is 10.0 Å². The van der Waals surface area contributed by atoms with Crippen molar-refractivity contribution in [3.8, 4) is 16.8 Å². The lowest BCUT2D eigenvalue weighted by Gasteiger charge is -2.36. The number of aliphatic hydroxyl groups is 1. The molecule has 4 atom stereocenters. The molecule has 3 N–H and O–H groups in total. The summed E-state index contributed by atoms with van der Waals surface area (Å²) >= 11 is 1.52. The van der Waals surface area contributed by atoms with Gasteiger partial charge in [-0.15, -0.1) is 5.10 Å². The summed E-state index contributed by atoms with van der Waals surface area (Å²) in [6, 6.07) is 48.3. The van der Waals surface area contributed by atoms with Gasteiger partial charge < -0.3 is 19.9 Å². The zero-order chi connectivity index (χ0) is 42.9. The van der Waals surface area contributed by atoms with E-state index in [0.717, 1.165) is 50.2 Å². The molecule has 1 aromatic heterocycles. The third-order valence-electron chi connectivity index (χ3n) is 10.6. The molecule has 1 saturated heterocycles. The van der Waals surface area contributed by atoms with E-state index in [2.05, 4.69) is 25.6 Å². The minimum absolute atomic E-state index is 0.0368. The first-order valence-corrected chi connectivity index (χ1v) is 22.7. The Balaban J connectivity index is 0.952. The van der Waals surface area contributed by atoms with Crippen molar-refractivity contribution in [2.75, 3.05) is 5.75 Å². The summed E-state index contributed by atoms with van der Waals surface area (Å²) in [5.74, 6) is 0.159. The number of aryl methyl sites for hydroxylation is 1. The van der Waals surface area contributed by atoms with Crippen molar-refractivity contribution >= 4 is 27.7 Å². The van der Waals surface area contributed by atoms with Gasteiger partial charge in [-0.25, -0.2) is 8.42 Å². The fraction of sp³-hybridized carbons (Fsp3) is 0.208. The first kappa shape index (κ1) is 42.7. The van der Waals surface area contributed by atoms with Gasteiger partial charge in [0.05, 0.1) is 29.4 Å². The summed E-state index contributed by atoms with van der Waals surface area (Å²) in [4.78, 5) is 13.8. The van der Waals surface area contributed by atoms with Gasteiger partial charge in [-0.1, -0.05) is 145 Å². The van der Waals surface area contributed by atoms with E-state index in [9.17, 15) is 18.3 Å². The Morgan fingerprint density at radius 1 is 0.790 bits per heavy atom. The minimum atomic E-state index is -3.97. The summed E-state index contributed by atoms with van der Waals surface area (Å²) < 4.78 is 44.3. The summed E-state index contributed by atoms with van der Waals surface area (Å²) in [6.45, 7) is 2.05. The normalized spacial score (nSPS) is 17.0. The molecular weight excluding hydrogens is 821 g/mol. The van der Waals surface area contributed by atoms with Gasteiger partial charge in [-0.05, 0) is 87.5 Å². The third-order valence-corrected chi connectivity index (χ3v) is 13.1. The number of para-hydroxylation sites is 1. The van der Waals surface area contributed by atoms with Gasteiger partial charge in [-0.2, -0.15) is 9.40 Å². The number of ether oxygens (including phenoxy) is 2. The zero-order valence-corrected chi connectivity index (χ0v) is 35.6. The quantitative estimate of drug-likeness (QED) is 0.0824. The number of carbonyl (C=O) groups excluding carboxylic acids is 1. The van der Waals surface area contributed by atoms with Crippen molar-refractivity contribution in [2.45, 2.75) is 67.5 Å². The Hall–Kier alpha value is -6.00. The summed E-state index contributed by atoms with van der Waals surface area (Å²) in [6.07, 6.45) is -0.302. The van der Waals surface area contributed by atoms with Crippen molar-refractivity contribution in [1.82, 2.24) is 30.2 Å². The Kier molecular flexibility index (Phi) is 13.6. The van der Waals surface area contributed by atoms with E-state index in [0.29, 0.717) is 17.3 Å². The summed E-state index contributed by atoms with van der Waals surface area (Å²) in [5.41, 5.74) is 8.07. The largest absolute Gasteiger partial charge is 0.392 e. The fourth-order valence-corrected chi connectivity index (χ4v) is 9.31. The molecule has 12 nitrogen and oxygen atoms in total. The number of hydrogen-bond donors (Lipinski definition) is 3. The summed E-state index contributed by atoms with van der Waals surface area (Å²) in [7, 11) is -3.97. The van der Waals surface area contributed by atoms with Crippen LogP contribution in [0.15, 0.2) is 168 Å². The van der Waals surface area contributed by atoms with Crippen molar-refractivity contribution in [1.29, 1.82) is 0 Å². The molecule has 316 valence electrons.